The molecule has 0 atom stereocenters. The fourth-order valence-corrected chi connectivity index (χ4v) is 3.30. The molecule has 0 heterocycles. The highest BCUT2D eigenvalue weighted by atomic mass is 19.1. The Morgan fingerprint density at radius 2 is 0.933 bits per heavy atom. The second kappa shape index (κ2) is 7.67. The van der Waals surface area contributed by atoms with E-state index in [1.54, 1.807) is 18.2 Å². The number of rotatable bonds is 3. The van der Waals surface area contributed by atoms with Crippen LogP contribution in [0.15, 0.2) is 72.8 Å². The summed E-state index contributed by atoms with van der Waals surface area (Å²) in [5.41, 5.74) is 1.80. The van der Waals surface area contributed by atoms with E-state index < -0.39 is 23.3 Å². The standard InChI is InChI=1S/C25H16F4O/c1-14-22(26)12-18(13-23(14)27)21-9-5-17(11-25(21)29)20-8-4-16(10-24(20)28)15-2-6-19(30)7-3-15/h2-13,30H,1H3. The molecule has 4 rings (SSSR count). The maximum Gasteiger partial charge on any atom is 0.131 e. The van der Waals surface area contributed by atoms with E-state index in [9.17, 15) is 22.7 Å². The zero-order valence-electron chi connectivity index (χ0n) is 15.9. The van der Waals surface area contributed by atoms with E-state index in [0.717, 1.165) is 23.8 Å². The van der Waals surface area contributed by atoms with Gasteiger partial charge in [-0.15, -0.1) is 0 Å². The van der Waals surface area contributed by atoms with E-state index in [1.807, 2.05) is 0 Å². The molecular weight excluding hydrogens is 392 g/mol. The van der Waals surface area contributed by atoms with Gasteiger partial charge in [0.15, 0.2) is 0 Å². The van der Waals surface area contributed by atoms with Crippen LogP contribution in [0.5, 0.6) is 5.75 Å². The van der Waals surface area contributed by atoms with E-state index in [0.29, 0.717) is 11.1 Å². The van der Waals surface area contributed by atoms with Gasteiger partial charge in [0.25, 0.3) is 0 Å². The molecule has 0 radical (unpaired) electrons. The molecule has 0 bridgehead atoms. The van der Waals surface area contributed by atoms with Crippen LogP contribution >= 0.6 is 0 Å². The van der Waals surface area contributed by atoms with Gasteiger partial charge in [-0.2, -0.15) is 0 Å². The summed E-state index contributed by atoms with van der Waals surface area (Å²) in [6.07, 6.45) is 0. The quantitative estimate of drug-likeness (QED) is 0.354. The molecule has 0 aliphatic rings. The van der Waals surface area contributed by atoms with Crippen LogP contribution in [0.2, 0.25) is 0 Å². The lowest BCUT2D eigenvalue weighted by atomic mass is 9.96. The van der Waals surface area contributed by atoms with Crippen molar-refractivity contribution in [2.24, 2.45) is 0 Å². The molecule has 1 nitrogen and oxygen atoms in total. The maximum absolute atomic E-state index is 14.7. The molecule has 0 spiro atoms. The maximum atomic E-state index is 14.7. The second-order valence-electron chi connectivity index (χ2n) is 7.00. The first kappa shape index (κ1) is 19.7. The van der Waals surface area contributed by atoms with Crippen LogP contribution in [0, 0.1) is 30.2 Å². The van der Waals surface area contributed by atoms with Crippen LogP contribution in [0.1, 0.15) is 5.56 Å². The van der Waals surface area contributed by atoms with E-state index in [2.05, 4.69) is 0 Å². The minimum atomic E-state index is -0.760. The molecule has 0 fully saturated rings. The largest absolute Gasteiger partial charge is 0.508 e. The first-order valence-electron chi connectivity index (χ1n) is 9.18. The highest BCUT2D eigenvalue weighted by Gasteiger charge is 2.14. The third kappa shape index (κ3) is 3.66. The van der Waals surface area contributed by atoms with Crippen molar-refractivity contribution in [3.05, 3.63) is 102 Å². The molecule has 0 aliphatic carbocycles. The average Bonchev–Trinajstić information content (AvgIpc) is 2.72. The Morgan fingerprint density at radius 3 is 1.50 bits per heavy atom. The number of hydrogen-bond acceptors (Lipinski definition) is 1. The van der Waals surface area contributed by atoms with Gasteiger partial charge in [-0.1, -0.05) is 36.4 Å². The van der Waals surface area contributed by atoms with Crippen molar-refractivity contribution in [2.75, 3.05) is 0 Å². The van der Waals surface area contributed by atoms with Crippen LogP contribution in [0.4, 0.5) is 17.6 Å². The molecule has 0 unspecified atom stereocenters. The lowest BCUT2D eigenvalue weighted by Crippen LogP contribution is -1.93. The predicted molar refractivity (Wildman–Crippen MR) is 109 cm³/mol. The van der Waals surface area contributed by atoms with Gasteiger partial charge in [-0.25, -0.2) is 17.6 Å². The van der Waals surface area contributed by atoms with E-state index in [4.69, 9.17) is 0 Å². The SMILES string of the molecule is Cc1c(F)cc(-c2ccc(-c3ccc(-c4ccc(O)cc4)cc3F)cc2F)cc1F. The lowest BCUT2D eigenvalue weighted by Gasteiger charge is -2.10. The highest BCUT2D eigenvalue weighted by Crippen LogP contribution is 2.33. The summed E-state index contributed by atoms with van der Waals surface area (Å²) in [4.78, 5) is 0. The number of benzene rings is 4. The van der Waals surface area contributed by atoms with Crippen molar-refractivity contribution in [2.45, 2.75) is 6.92 Å². The van der Waals surface area contributed by atoms with Crippen LogP contribution in [0.25, 0.3) is 33.4 Å². The van der Waals surface area contributed by atoms with Crippen molar-refractivity contribution < 1.29 is 22.7 Å². The Kier molecular flexibility index (Phi) is 5.04. The number of halogens is 4. The summed E-state index contributed by atoms with van der Waals surface area (Å²) in [5, 5.41) is 9.37. The van der Waals surface area contributed by atoms with Gasteiger partial charge < -0.3 is 5.11 Å². The van der Waals surface area contributed by atoms with Crippen molar-refractivity contribution in [1.29, 1.82) is 0 Å². The fourth-order valence-electron chi connectivity index (χ4n) is 3.30. The van der Waals surface area contributed by atoms with E-state index in [-0.39, 0.29) is 28.0 Å². The predicted octanol–water partition coefficient (Wildman–Crippen LogP) is 7.26. The van der Waals surface area contributed by atoms with Gasteiger partial charge in [0, 0.05) is 16.7 Å². The molecule has 0 aromatic heterocycles. The molecule has 0 aliphatic heterocycles. The highest BCUT2D eigenvalue weighted by molar-refractivity contribution is 5.74. The van der Waals surface area contributed by atoms with Gasteiger partial charge >= 0.3 is 0 Å². The van der Waals surface area contributed by atoms with Crippen molar-refractivity contribution >= 4 is 0 Å². The zero-order valence-corrected chi connectivity index (χ0v) is 15.9. The van der Waals surface area contributed by atoms with Gasteiger partial charge in [-0.05, 0) is 65.6 Å². The van der Waals surface area contributed by atoms with Gasteiger partial charge in [0.05, 0.1) is 0 Å². The minimum absolute atomic E-state index is 0.0256. The monoisotopic (exact) mass is 408 g/mol. The number of phenols is 1. The topological polar surface area (TPSA) is 20.2 Å². The Morgan fingerprint density at radius 1 is 0.500 bits per heavy atom. The molecule has 4 aromatic carbocycles. The Bertz CT molecular complexity index is 1220. The van der Waals surface area contributed by atoms with Crippen molar-refractivity contribution in [3.8, 4) is 39.1 Å². The van der Waals surface area contributed by atoms with Crippen molar-refractivity contribution in [1.82, 2.24) is 0 Å². The van der Waals surface area contributed by atoms with Crippen molar-refractivity contribution in [3.63, 3.8) is 0 Å². The molecule has 0 amide bonds. The lowest BCUT2D eigenvalue weighted by molar-refractivity contribution is 0.475. The summed E-state index contributed by atoms with van der Waals surface area (Å²) in [6, 6.07) is 17.1. The Labute approximate surface area is 170 Å². The van der Waals surface area contributed by atoms with E-state index in [1.165, 1.54) is 43.3 Å². The van der Waals surface area contributed by atoms with Gasteiger partial charge in [-0.3, -0.25) is 0 Å². The third-order valence-electron chi connectivity index (χ3n) is 5.04. The molecule has 4 aromatic rings. The second-order valence-corrected chi connectivity index (χ2v) is 7.00. The average molecular weight is 408 g/mol. The molecule has 30 heavy (non-hydrogen) atoms. The fraction of sp³-hybridized carbons (Fsp3) is 0.0400. The number of aromatic hydroxyl groups is 1. The molecule has 1 N–H and O–H groups in total. The third-order valence-corrected chi connectivity index (χ3v) is 5.04. The van der Waals surface area contributed by atoms with E-state index >= 15 is 0 Å². The normalized spacial score (nSPS) is 11.0. The molecular formula is C25H16F4O. The van der Waals surface area contributed by atoms with Gasteiger partial charge in [0.1, 0.15) is 29.0 Å². The Hall–Kier alpha value is -3.60. The Balaban J connectivity index is 1.70. The van der Waals surface area contributed by atoms with Crippen LogP contribution in [0.3, 0.4) is 0 Å². The molecule has 150 valence electrons. The van der Waals surface area contributed by atoms with Crippen LogP contribution in [-0.2, 0) is 0 Å². The molecule has 5 heteroatoms. The number of hydrogen-bond donors (Lipinski definition) is 1. The molecule has 0 saturated carbocycles. The smallest absolute Gasteiger partial charge is 0.131 e. The summed E-state index contributed by atoms with van der Waals surface area (Å²) in [6.45, 7) is 1.30. The summed E-state index contributed by atoms with van der Waals surface area (Å²) in [5.74, 6) is -2.66. The van der Waals surface area contributed by atoms with Crippen LogP contribution < -0.4 is 0 Å². The van der Waals surface area contributed by atoms with Gasteiger partial charge in [0.2, 0.25) is 0 Å². The summed E-state index contributed by atoms with van der Waals surface area (Å²) < 4.78 is 57.1. The summed E-state index contributed by atoms with van der Waals surface area (Å²) >= 11 is 0. The zero-order chi connectivity index (χ0) is 21.4. The number of phenolic OH excluding ortho intramolecular Hbond substituents is 1. The first-order valence-corrected chi connectivity index (χ1v) is 9.18. The molecule has 0 saturated heterocycles. The summed E-state index contributed by atoms with van der Waals surface area (Å²) in [7, 11) is 0. The van der Waals surface area contributed by atoms with Crippen LogP contribution in [-0.4, -0.2) is 5.11 Å². The first-order chi connectivity index (χ1) is 14.3. The minimum Gasteiger partial charge on any atom is -0.508 e.